The highest BCUT2D eigenvalue weighted by atomic mass is 79.9. The lowest BCUT2D eigenvalue weighted by Gasteiger charge is -2.08. The molecule has 0 fully saturated rings. The molecule has 0 bridgehead atoms. The Kier molecular flexibility index (Phi) is 4.28. The molecule has 3 aromatic rings. The zero-order chi connectivity index (χ0) is 15.7. The van der Waals surface area contributed by atoms with Crippen molar-refractivity contribution in [3.8, 4) is 5.82 Å². The summed E-state index contributed by atoms with van der Waals surface area (Å²) in [7, 11) is 0. The maximum atomic E-state index is 13.2. The highest BCUT2D eigenvalue weighted by Gasteiger charge is 2.09. The van der Waals surface area contributed by atoms with Crippen molar-refractivity contribution >= 4 is 50.8 Å². The zero-order valence-electron chi connectivity index (χ0n) is 10.8. The molecule has 0 aliphatic heterocycles. The second-order valence-electron chi connectivity index (χ2n) is 4.22. The van der Waals surface area contributed by atoms with Crippen LogP contribution in [0.2, 0.25) is 10.0 Å². The Morgan fingerprint density at radius 3 is 2.73 bits per heavy atom. The van der Waals surface area contributed by atoms with Gasteiger partial charge in [0, 0.05) is 11.9 Å². The Balaban J connectivity index is 1.93. The molecule has 0 unspecified atom stereocenters. The first-order valence-electron chi connectivity index (χ1n) is 5.98. The molecular formula is C13H7BrCl2FN5. The molecule has 22 heavy (non-hydrogen) atoms. The summed E-state index contributed by atoms with van der Waals surface area (Å²) >= 11 is 15.0. The minimum Gasteiger partial charge on any atom is -0.324 e. The van der Waals surface area contributed by atoms with E-state index in [1.165, 1.54) is 29.1 Å². The van der Waals surface area contributed by atoms with Crippen LogP contribution in [0.4, 0.5) is 16.0 Å². The summed E-state index contributed by atoms with van der Waals surface area (Å²) in [6.45, 7) is 0. The van der Waals surface area contributed by atoms with E-state index in [2.05, 4.69) is 36.3 Å². The molecular weight excluding hydrogens is 396 g/mol. The standard InChI is InChI=1S/C13H7BrCl2FN5/c14-9-5-18-13(20-8-1-2-11(17)10(16)3-8)21-12(9)22-6-7(15)4-19-22/h1-6H,(H,18,20,21). The van der Waals surface area contributed by atoms with Crippen molar-refractivity contribution in [3.63, 3.8) is 0 Å². The number of hydrogen-bond acceptors (Lipinski definition) is 4. The molecule has 0 amide bonds. The number of benzene rings is 1. The summed E-state index contributed by atoms with van der Waals surface area (Å²) in [6, 6.07) is 4.25. The minimum absolute atomic E-state index is 0.0150. The Hall–Kier alpha value is -1.70. The van der Waals surface area contributed by atoms with E-state index in [1.807, 2.05) is 0 Å². The molecule has 0 saturated carbocycles. The van der Waals surface area contributed by atoms with Crippen molar-refractivity contribution in [1.82, 2.24) is 19.7 Å². The Bertz CT molecular complexity index is 839. The largest absolute Gasteiger partial charge is 0.324 e. The molecule has 1 N–H and O–H groups in total. The molecule has 2 aromatic heterocycles. The summed E-state index contributed by atoms with van der Waals surface area (Å²) in [6.07, 6.45) is 4.70. The van der Waals surface area contributed by atoms with Crippen LogP contribution in [0, 0.1) is 5.82 Å². The molecule has 0 aliphatic rings. The predicted molar refractivity (Wildman–Crippen MR) is 86.6 cm³/mol. The highest BCUT2D eigenvalue weighted by molar-refractivity contribution is 9.10. The number of nitrogens with one attached hydrogen (secondary N) is 1. The van der Waals surface area contributed by atoms with Crippen molar-refractivity contribution in [2.75, 3.05) is 5.32 Å². The van der Waals surface area contributed by atoms with E-state index in [1.54, 1.807) is 12.4 Å². The molecule has 0 spiro atoms. The van der Waals surface area contributed by atoms with Gasteiger partial charge in [-0.15, -0.1) is 0 Å². The van der Waals surface area contributed by atoms with E-state index >= 15 is 0 Å². The van der Waals surface area contributed by atoms with Gasteiger partial charge in [0.1, 0.15) is 5.82 Å². The Morgan fingerprint density at radius 2 is 2.05 bits per heavy atom. The highest BCUT2D eigenvalue weighted by Crippen LogP contribution is 2.24. The van der Waals surface area contributed by atoms with E-state index in [0.717, 1.165) is 0 Å². The van der Waals surface area contributed by atoms with Crippen molar-refractivity contribution < 1.29 is 4.39 Å². The minimum atomic E-state index is -0.490. The summed E-state index contributed by atoms with van der Waals surface area (Å²) in [4.78, 5) is 8.48. The van der Waals surface area contributed by atoms with Gasteiger partial charge < -0.3 is 5.32 Å². The SMILES string of the molecule is Fc1ccc(Nc2ncc(Br)c(-n3cc(Cl)cn3)n2)cc1Cl. The number of rotatable bonds is 3. The maximum absolute atomic E-state index is 13.2. The summed E-state index contributed by atoms with van der Waals surface area (Å²) in [5.41, 5.74) is 0.568. The van der Waals surface area contributed by atoms with E-state index in [-0.39, 0.29) is 5.02 Å². The number of anilines is 2. The number of aromatic nitrogens is 4. The lowest BCUT2D eigenvalue weighted by Crippen LogP contribution is -2.04. The first-order chi connectivity index (χ1) is 10.5. The van der Waals surface area contributed by atoms with E-state index in [4.69, 9.17) is 23.2 Å². The van der Waals surface area contributed by atoms with Crippen LogP contribution in [0.15, 0.2) is 41.3 Å². The third-order valence-electron chi connectivity index (χ3n) is 2.67. The Labute approximate surface area is 143 Å². The normalized spacial score (nSPS) is 10.7. The van der Waals surface area contributed by atoms with Gasteiger partial charge in [-0.3, -0.25) is 0 Å². The van der Waals surface area contributed by atoms with Crippen LogP contribution >= 0.6 is 39.1 Å². The second kappa shape index (κ2) is 6.20. The molecule has 112 valence electrons. The van der Waals surface area contributed by atoms with Gasteiger partial charge in [0.15, 0.2) is 5.82 Å². The first-order valence-corrected chi connectivity index (χ1v) is 7.53. The third-order valence-corrected chi connectivity index (χ3v) is 3.71. The molecule has 1 aromatic carbocycles. The van der Waals surface area contributed by atoms with Crippen LogP contribution in [0.1, 0.15) is 0 Å². The van der Waals surface area contributed by atoms with Gasteiger partial charge in [0.05, 0.1) is 26.9 Å². The fraction of sp³-hybridized carbons (Fsp3) is 0. The smallest absolute Gasteiger partial charge is 0.229 e. The van der Waals surface area contributed by atoms with Gasteiger partial charge in [-0.25, -0.2) is 14.1 Å². The molecule has 0 aliphatic carbocycles. The van der Waals surface area contributed by atoms with Gasteiger partial charge in [-0.2, -0.15) is 10.1 Å². The van der Waals surface area contributed by atoms with E-state index < -0.39 is 5.82 Å². The average Bonchev–Trinajstić information content (AvgIpc) is 2.91. The average molecular weight is 403 g/mol. The lowest BCUT2D eigenvalue weighted by molar-refractivity contribution is 0.628. The van der Waals surface area contributed by atoms with Crippen molar-refractivity contribution in [2.24, 2.45) is 0 Å². The molecule has 9 heteroatoms. The van der Waals surface area contributed by atoms with Crippen molar-refractivity contribution in [2.45, 2.75) is 0 Å². The van der Waals surface area contributed by atoms with Crippen molar-refractivity contribution in [1.29, 1.82) is 0 Å². The second-order valence-corrected chi connectivity index (χ2v) is 5.92. The first kappa shape index (κ1) is 15.2. The quantitative estimate of drug-likeness (QED) is 0.694. The molecule has 3 rings (SSSR count). The molecule has 0 radical (unpaired) electrons. The Morgan fingerprint density at radius 1 is 1.23 bits per heavy atom. The monoisotopic (exact) mass is 401 g/mol. The van der Waals surface area contributed by atoms with Gasteiger partial charge in [0.2, 0.25) is 5.95 Å². The molecule has 2 heterocycles. The van der Waals surface area contributed by atoms with Crippen LogP contribution in [0.5, 0.6) is 0 Å². The zero-order valence-corrected chi connectivity index (χ0v) is 13.9. The van der Waals surface area contributed by atoms with Crippen molar-refractivity contribution in [3.05, 3.63) is 57.1 Å². The summed E-state index contributed by atoms with van der Waals surface area (Å²) in [5.74, 6) is 0.334. The third kappa shape index (κ3) is 3.21. The number of hydrogen-bond donors (Lipinski definition) is 1. The van der Waals surface area contributed by atoms with Gasteiger partial charge in [-0.05, 0) is 34.1 Å². The molecule has 5 nitrogen and oxygen atoms in total. The van der Waals surface area contributed by atoms with Gasteiger partial charge in [-0.1, -0.05) is 23.2 Å². The summed E-state index contributed by atoms with van der Waals surface area (Å²) < 4.78 is 15.3. The number of nitrogens with zero attached hydrogens (tertiary/aromatic N) is 4. The fourth-order valence-corrected chi connectivity index (χ4v) is 2.39. The molecule has 0 atom stereocenters. The molecule has 0 saturated heterocycles. The van der Waals surface area contributed by atoms with Crippen LogP contribution in [-0.2, 0) is 0 Å². The predicted octanol–water partition coefficient (Wildman–Crippen LogP) is 4.61. The van der Waals surface area contributed by atoms with E-state index in [9.17, 15) is 4.39 Å². The van der Waals surface area contributed by atoms with E-state index in [0.29, 0.717) is 26.9 Å². The van der Waals surface area contributed by atoms with Crippen LogP contribution in [-0.4, -0.2) is 19.7 Å². The fourth-order valence-electron chi connectivity index (χ4n) is 1.70. The van der Waals surface area contributed by atoms with Gasteiger partial charge >= 0.3 is 0 Å². The van der Waals surface area contributed by atoms with Crippen LogP contribution < -0.4 is 5.32 Å². The topological polar surface area (TPSA) is 55.6 Å². The van der Waals surface area contributed by atoms with Crippen LogP contribution in [0.3, 0.4) is 0 Å². The lowest BCUT2D eigenvalue weighted by atomic mass is 10.3. The maximum Gasteiger partial charge on any atom is 0.229 e. The van der Waals surface area contributed by atoms with Crippen LogP contribution in [0.25, 0.3) is 5.82 Å². The van der Waals surface area contributed by atoms with Gasteiger partial charge in [0.25, 0.3) is 0 Å². The number of halogens is 4. The summed E-state index contributed by atoms with van der Waals surface area (Å²) in [5, 5.41) is 7.54.